The van der Waals surface area contributed by atoms with Crippen molar-refractivity contribution in [1.29, 1.82) is 0 Å². The van der Waals surface area contributed by atoms with E-state index in [0.717, 1.165) is 22.6 Å². The summed E-state index contributed by atoms with van der Waals surface area (Å²) in [5, 5.41) is 8.11. The van der Waals surface area contributed by atoms with E-state index in [1.165, 1.54) is 19.2 Å². The second kappa shape index (κ2) is 9.58. The summed E-state index contributed by atoms with van der Waals surface area (Å²) in [5.41, 5.74) is 3.19. The molecule has 1 aromatic heterocycles. The topological polar surface area (TPSA) is 72.7 Å². The molecule has 3 aromatic rings. The van der Waals surface area contributed by atoms with E-state index >= 15 is 0 Å². The van der Waals surface area contributed by atoms with Gasteiger partial charge in [-0.05, 0) is 68.9 Å². The van der Waals surface area contributed by atoms with Crippen LogP contribution in [0.25, 0.3) is 17.0 Å². The van der Waals surface area contributed by atoms with Gasteiger partial charge in [0.25, 0.3) is 5.89 Å². The maximum atomic E-state index is 14.2. The number of halogens is 1. The number of methoxy groups -OCH3 is 1. The normalized spacial score (nSPS) is 16.1. The van der Waals surface area contributed by atoms with E-state index in [9.17, 15) is 4.39 Å². The minimum atomic E-state index is -0.495. The molecule has 0 saturated carbocycles. The van der Waals surface area contributed by atoms with Gasteiger partial charge in [-0.1, -0.05) is 17.3 Å². The molecule has 0 aliphatic carbocycles. The van der Waals surface area contributed by atoms with Crippen LogP contribution in [-0.4, -0.2) is 40.4 Å². The van der Waals surface area contributed by atoms with Crippen molar-refractivity contribution in [3.63, 3.8) is 0 Å². The first-order valence-corrected chi connectivity index (χ1v) is 11.1. The van der Waals surface area contributed by atoms with Crippen molar-refractivity contribution in [2.75, 3.05) is 20.3 Å². The Morgan fingerprint density at radius 3 is 2.58 bits per heavy atom. The first-order chi connectivity index (χ1) is 16.0. The predicted octanol–water partition coefficient (Wildman–Crippen LogP) is 4.97. The van der Waals surface area contributed by atoms with Crippen LogP contribution in [0.15, 0.2) is 52.7 Å². The fraction of sp³-hybridized carbons (Fsp3) is 0.292. The van der Waals surface area contributed by atoms with Crippen LogP contribution in [0.4, 0.5) is 4.39 Å². The average Bonchev–Trinajstić information content (AvgIpc) is 3.29. The molecule has 172 valence electrons. The number of allylic oxidation sites excluding steroid dienone is 1. The third kappa shape index (κ3) is 4.41. The van der Waals surface area contributed by atoms with Crippen LogP contribution >= 0.6 is 12.2 Å². The predicted molar refractivity (Wildman–Crippen MR) is 127 cm³/mol. The Bertz CT molecular complexity index is 1190. The zero-order valence-corrected chi connectivity index (χ0v) is 19.7. The molecule has 0 radical (unpaired) electrons. The van der Waals surface area contributed by atoms with Gasteiger partial charge in [0.15, 0.2) is 16.7 Å². The molecule has 1 aliphatic rings. The molecule has 1 N–H and O–H groups in total. The van der Waals surface area contributed by atoms with E-state index in [4.69, 9.17) is 26.2 Å². The summed E-state index contributed by atoms with van der Waals surface area (Å²) in [6.45, 7) is 7.22. The van der Waals surface area contributed by atoms with Gasteiger partial charge in [0, 0.05) is 17.8 Å². The van der Waals surface area contributed by atoms with E-state index < -0.39 is 5.82 Å². The van der Waals surface area contributed by atoms with Gasteiger partial charge in [-0.25, -0.2) is 4.39 Å². The highest BCUT2D eigenvalue weighted by atomic mass is 32.1. The number of rotatable bonds is 7. The lowest BCUT2D eigenvalue weighted by Gasteiger charge is -2.36. The zero-order valence-electron chi connectivity index (χ0n) is 18.9. The van der Waals surface area contributed by atoms with Crippen LogP contribution in [0.1, 0.15) is 38.3 Å². The van der Waals surface area contributed by atoms with Crippen molar-refractivity contribution in [3.8, 4) is 22.9 Å². The molecule has 33 heavy (non-hydrogen) atoms. The minimum absolute atomic E-state index is 0.153. The Morgan fingerprint density at radius 2 is 1.94 bits per heavy atom. The van der Waals surface area contributed by atoms with Crippen molar-refractivity contribution in [1.82, 2.24) is 20.4 Å². The lowest BCUT2D eigenvalue weighted by Crippen LogP contribution is -2.45. The number of hydrogen-bond donors (Lipinski definition) is 1. The van der Waals surface area contributed by atoms with Crippen LogP contribution in [-0.2, 0) is 0 Å². The Morgan fingerprint density at radius 1 is 1.18 bits per heavy atom. The van der Waals surface area contributed by atoms with Gasteiger partial charge in [-0.3, -0.25) is 0 Å². The largest absolute Gasteiger partial charge is 0.494 e. The van der Waals surface area contributed by atoms with Crippen LogP contribution in [0.2, 0.25) is 0 Å². The highest BCUT2D eigenvalue weighted by Gasteiger charge is 2.33. The number of thiocarbonyl (C=S) groups is 1. The van der Waals surface area contributed by atoms with Crippen LogP contribution in [0.3, 0.4) is 0 Å². The molecule has 0 bridgehead atoms. The maximum Gasteiger partial charge on any atom is 0.258 e. The maximum absolute atomic E-state index is 14.2. The average molecular weight is 469 g/mol. The second-order valence-corrected chi connectivity index (χ2v) is 7.79. The lowest BCUT2D eigenvalue weighted by molar-refractivity contribution is 0.340. The molecule has 0 amide bonds. The zero-order chi connectivity index (χ0) is 23.5. The fourth-order valence-corrected chi connectivity index (χ4v) is 4.25. The highest BCUT2D eigenvalue weighted by Crippen LogP contribution is 2.38. The molecule has 2 aromatic carbocycles. The first kappa shape index (κ1) is 22.7. The minimum Gasteiger partial charge on any atom is -0.494 e. The van der Waals surface area contributed by atoms with Gasteiger partial charge in [-0.15, -0.1) is 0 Å². The summed E-state index contributed by atoms with van der Waals surface area (Å²) < 4.78 is 30.4. The number of hydrogen-bond acceptors (Lipinski definition) is 6. The molecular weight excluding hydrogens is 443 g/mol. The van der Waals surface area contributed by atoms with Gasteiger partial charge in [0.05, 0.1) is 25.3 Å². The SMILES string of the molecule is CCOc1ccc(C2NC(=S)N(CC)C(C)=C2c2nc(-c3ccc(OC)c(F)c3)no2)cc1. The van der Waals surface area contributed by atoms with Crippen LogP contribution < -0.4 is 14.8 Å². The number of aromatic nitrogens is 2. The van der Waals surface area contributed by atoms with Crippen molar-refractivity contribution < 1.29 is 18.4 Å². The van der Waals surface area contributed by atoms with Gasteiger partial charge in [0.2, 0.25) is 5.82 Å². The number of benzene rings is 2. The lowest BCUT2D eigenvalue weighted by atomic mass is 9.94. The first-order valence-electron chi connectivity index (χ1n) is 10.7. The van der Waals surface area contributed by atoms with E-state index in [1.807, 2.05) is 49.9 Å². The fourth-order valence-electron chi connectivity index (χ4n) is 3.87. The summed E-state index contributed by atoms with van der Waals surface area (Å²) in [6.07, 6.45) is 0. The Kier molecular flexibility index (Phi) is 6.60. The summed E-state index contributed by atoms with van der Waals surface area (Å²) in [7, 11) is 1.42. The highest BCUT2D eigenvalue weighted by molar-refractivity contribution is 7.80. The molecule has 1 atom stereocenters. The van der Waals surface area contributed by atoms with Gasteiger partial charge in [0.1, 0.15) is 5.75 Å². The van der Waals surface area contributed by atoms with Crippen molar-refractivity contribution in [3.05, 3.63) is 65.4 Å². The van der Waals surface area contributed by atoms with Crippen LogP contribution in [0, 0.1) is 5.82 Å². The van der Waals surface area contributed by atoms with E-state index in [1.54, 1.807) is 6.07 Å². The molecular formula is C24H25FN4O3S. The monoisotopic (exact) mass is 468 g/mol. The van der Waals surface area contributed by atoms with Crippen LogP contribution in [0.5, 0.6) is 11.5 Å². The van der Waals surface area contributed by atoms with E-state index in [-0.39, 0.29) is 17.6 Å². The van der Waals surface area contributed by atoms with E-state index in [2.05, 4.69) is 15.5 Å². The quantitative estimate of drug-likeness (QED) is 0.488. The molecule has 4 rings (SSSR count). The summed E-state index contributed by atoms with van der Waals surface area (Å²) in [5.74, 6) is 1.07. The third-order valence-electron chi connectivity index (χ3n) is 5.50. The Hall–Kier alpha value is -3.46. The summed E-state index contributed by atoms with van der Waals surface area (Å²) in [6, 6.07) is 12.1. The second-order valence-electron chi connectivity index (χ2n) is 7.40. The van der Waals surface area contributed by atoms with Crippen molar-refractivity contribution >= 4 is 22.9 Å². The number of nitrogens with zero attached hydrogens (tertiary/aromatic N) is 3. The molecule has 0 fully saturated rings. The Balaban J connectivity index is 1.75. The number of ether oxygens (including phenoxy) is 2. The molecule has 2 heterocycles. The Labute approximate surface area is 197 Å². The van der Waals surface area contributed by atoms with Gasteiger partial charge >= 0.3 is 0 Å². The molecule has 9 heteroatoms. The summed E-state index contributed by atoms with van der Waals surface area (Å²) >= 11 is 5.61. The van der Waals surface area contributed by atoms with Crippen molar-refractivity contribution in [2.24, 2.45) is 0 Å². The van der Waals surface area contributed by atoms with E-state index in [0.29, 0.717) is 29.7 Å². The van der Waals surface area contributed by atoms with Gasteiger partial charge < -0.3 is 24.2 Å². The molecule has 0 spiro atoms. The van der Waals surface area contributed by atoms with Gasteiger partial charge in [-0.2, -0.15) is 4.98 Å². The molecule has 7 nitrogen and oxygen atoms in total. The smallest absolute Gasteiger partial charge is 0.258 e. The third-order valence-corrected chi connectivity index (χ3v) is 5.84. The molecule has 0 saturated heterocycles. The molecule has 1 unspecified atom stereocenters. The summed E-state index contributed by atoms with van der Waals surface area (Å²) in [4.78, 5) is 6.57. The standard InChI is InChI=1S/C24H25FN4O3S/c1-5-29-14(3)20(21(26-24(29)33)15-7-10-17(11-8-15)31-6-2)23-27-22(28-32-23)16-9-12-19(30-4)18(25)13-16/h7-13,21H,5-6H2,1-4H3,(H,26,33). The molecule has 1 aliphatic heterocycles. The van der Waals surface area contributed by atoms with Crippen molar-refractivity contribution in [2.45, 2.75) is 26.8 Å². The number of nitrogens with one attached hydrogen (secondary N) is 1.